The summed E-state index contributed by atoms with van der Waals surface area (Å²) in [5.74, 6) is 0.245. The lowest BCUT2D eigenvalue weighted by atomic mass is 10.2. The number of rotatable bonds is 7. The number of para-hydroxylation sites is 1. The summed E-state index contributed by atoms with van der Waals surface area (Å²) in [6, 6.07) is 12.5. The lowest BCUT2D eigenvalue weighted by molar-refractivity contribution is 0.102. The maximum absolute atomic E-state index is 12.5. The number of anilines is 1. The molecule has 3 rings (SSSR count). The van der Waals surface area contributed by atoms with Gasteiger partial charge in [-0.3, -0.25) is 10.1 Å². The molecule has 1 heterocycles. The van der Waals surface area contributed by atoms with Gasteiger partial charge in [-0.25, -0.2) is 8.42 Å². The summed E-state index contributed by atoms with van der Waals surface area (Å²) in [5, 5.41) is 10.3. The SMILES string of the molecule is COc1ccccc1-c1nnc(NC(=O)c2ccc(S(=O)(=O)N(C)C(C)C)cc2)o1. The predicted octanol–water partition coefficient (Wildman–Crippen LogP) is 3.03. The van der Waals surface area contributed by atoms with Crippen LogP contribution in [0, 0.1) is 0 Å². The first-order chi connectivity index (χ1) is 14.2. The van der Waals surface area contributed by atoms with Crippen LogP contribution in [-0.4, -0.2) is 49.0 Å². The fourth-order valence-corrected chi connectivity index (χ4v) is 3.96. The summed E-state index contributed by atoms with van der Waals surface area (Å²) < 4.78 is 37.1. The topological polar surface area (TPSA) is 115 Å². The highest BCUT2D eigenvalue weighted by atomic mass is 32.2. The number of amides is 1. The molecule has 3 aromatic rings. The van der Waals surface area contributed by atoms with Crippen LogP contribution in [0.5, 0.6) is 5.75 Å². The van der Waals surface area contributed by atoms with Gasteiger partial charge in [0.1, 0.15) is 5.75 Å². The van der Waals surface area contributed by atoms with E-state index in [0.717, 1.165) is 0 Å². The Hall–Kier alpha value is -3.24. The molecule has 0 fully saturated rings. The average Bonchev–Trinajstić information content (AvgIpc) is 3.21. The second-order valence-electron chi connectivity index (χ2n) is 6.71. The predicted molar refractivity (Wildman–Crippen MR) is 111 cm³/mol. The highest BCUT2D eigenvalue weighted by Crippen LogP contribution is 2.29. The standard InChI is InChI=1S/C20H22N4O5S/c1-13(2)24(3)30(26,27)15-11-9-14(10-12-15)18(25)21-20-23-22-19(29-20)16-7-5-6-8-17(16)28-4/h5-13H,1-4H3,(H,21,23,25). The van der Waals surface area contributed by atoms with Gasteiger partial charge >= 0.3 is 6.01 Å². The van der Waals surface area contributed by atoms with E-state index in [1.165, 1.54) is 42.7 Å². The second kappa shape index (κ2) is 8.64. The van der Waals surface area contributed by atoms with Crippen LogP contribution < -0.4 is 10.1 Å². The minimum atomic E-state index is -3.62. The van der Waals surface area contributed by atoms with E-state index in [-0.39, 0.29) is 28.4 Å². The molecule has 2 aromatic carbocycles. The van der Waals surface area contributed by atoms with Crippen LogP contribution in [0.3, 0.4) is 0 Å². The Morgan fingerprint density at radius 2 is 1.77 bits per heavy atom. The van der Waals surface area contributed by atoms with E-state index in [1.54, 1.807) is 32.0 Å². The van der Waals surface area contributed by atoms with Crippen molar-refractivity contribution in [1.82, 2.24) is 14.5 Å². The number of sulfonamides is 1. The van der Waals surface area contributed by atoms with Crippen molar-refractivity contribution < 1.29 is 22.4 Å². The lowest BCUT2D eigenvalue weighted by Gasteiger charge is -2.20. The van der Waals surface area contributed by atoms with E-state index in [9.17, 15) is 13.2 Å². The molecule has 1 N–H and O–H groups in total. The van der Waals surface area contributed by atoms with E-state index in [1.807, 2.05) is 6.07 Å². The molecule has 10 heteroatoms. The number of methoxy groups -OCH3 is 1. The van der Waals surface area contributed by atoms with Crippen molar-refractivity contribution in [2.24, 2.45) is 0 Å². The van der Waals surface area contributed by atoms with Crippen molar-refractivity contribution in [3.63, 3.8) is 0 Å². The Morgan fingerprint density at radius 3 is 2.40 bits per heavy atom. The molecule has 0 unspecified atom stereocenters. The fraction of sp³-hybridized carbons (Fsp3) is 0.250. The minimum Gasteiger partial charge on any atom is -0.496 e. The molecule has 9 nitrogen and oxygen atoms in total. The van der Waals surface area contributed by atoms with Crippen molar-refractivity contribution >= 4 is 21.9 Å². The van der Waals surface area contributed by atoms with Crippen LogP contribution in [0.2, 0.25) is 0 Å². The monoisotopic (exact) mass is 430 g/mol. The molecular formula is C20H22N4O5S. The van der Waals surface area contributed by atoms with E-state index in [4.69, 9.17) is 9.15 Å². The Kier molecular flexibility index (Phi) is 6.18. The van der Waals surface area contributed by atoms with Crippen molar-refractivity contribution in [3.8, 4) is 17.2 Å². The third kappa shape index (κ3) is 4.34. The lowest BCUT2D eigenvalue weighted by Crippen LogP contribution is -2.33. The molecule has 0 radical (unpaired) electrons. The van der Waals surface area contributed by atoms with Gasteiger partial charge < -0.3 is 9.15 Å². The van der Waals surface area contributed by atoms with Crippen molar-refractivity contribution in [2.45, 2.75) is 24.8 Å². The fourth-order valence-electron chi connectivity index (χ4n) is 2.60. The molecule has 1 amide bonds. The summed E-state index contributed by atoms with van der Waals surface area (Å²) in [4.78, 5) is 12.6. The number of hydrogen-bond donors (Lipinski definition) is 1. The smallest absolute Gasteiger partial charge is 0.322 e. The van der Waals surface area contributed by atoms with Crippen molar-refractivity contribution in [1.29, 1.82) is 0 Å². The Labute approximate surface area is 174 Å². The first kappa shape index (κ1) is 21.5. The largest absolute Gasteiger partial charge is 0.496 e. The summed E-state index contributed by atoms with van der Waals surface area (Å²) in [7, 11) is -0.587. The molecule has 0 aliphatic heterocycles. The molecule has 0 atom stereocenters. The molecule has 0 saturated carbocycles. The molecule has 0 aliphatic carbocycles. The maximum Gasteiger partial charge on any atom is 0.322 e. The van der Waals surface area contributed by atoms with Gasteiger partial charge in [0.05, 0.1) is 17.6 Å². The highest BCUT2D eigenvalue weighted by molar-refractivity contribution is 7.89. The minimum absolute atomic E-state index is 0.0860. The maximum atomic E-state index is 12.5. The molecule has 1 aromatic heterocycles. The van der Waals surface area contributed by atoms with Gasteiger partial charge in [-0.1, -0.05) is 17.2 Å². The highest BCUT2D eigenvalue weighted by Gasteiger charge is 2.23. The molecule has 0 bridgehead atoms. The van der Waals surface area contributed by atoms with Crippen molar-refractivity contribution in [3.05, 3.63) is 54.1 Å². The van der Waals surface area contributed by atoms with Crippen LogP contribution in [0.4, 0.5) is 6.01 Å². The number of hydrogen-bond acceptors (Lipinski definition) is 7. The number of ether oxygens (including phenoxy) is 1. The molecule has 0 spiro atoms. The number of carbonyl (C=O) groups excluding carboxylic acids is 1. The van der Waals surface area contributed by atoms with Crippen LogP contribution >= 0.6 is 0 Å². The van der Waals surface area contributed by atoms with Gasteiger partial charge in [-0.2, -0.15) is 4.31 Å². The van der Waals surface area contributed by atoms with E-state index in [2.05, 4.69) is 15.5 Å². The van der Waals surface area contributed by atoms with Crippen LogP contribution in [0.1, 0.15) is 24.2 Å². The Bertz CT molecular complexity index is 1140. The third-order valence-corrected chi connectivity index (χ3v) is 6.55. The van der Waals surface area contributed by atoms with Gasteiger partial charge in [-0.15, -0.1) is 5.10 Å². The third-order valence-electron chi connectivity index (χ3n) is 4.50. The number of nitrogens with zero attached hydrogens (tertiary/aromatic N) is 3. The number of benzene rings is 2. The Balaban J connectivity index is 1.75. The van der Waals surface area contributed by atoms with Crippen molar-refractivity contribution in [2.75, 3.05) is 19.5 Å². The van der Waals surface area contributed by atoms with E-state index >= 15 is 0 Å². The van der Waals surface area contributed by atoms with Crippen LogP contribution in [-0.2, 0) is 10.0 Å². The van der Waals surface area contributed by atoms with Gasteiger partial charge in [0.2, 0.25) is 10.0 Å². The number of aromatic nitrogens is 2. The summed E-state index contributed by atoms with van der Waals surface area (Å²) >= 11 is 0. The van der Waals surface area contributed by atoms with Gasteiger partial charge in [0.15, 0.2) is 0 Å². The first-order valence-electron chi connectivity index (χ1n) is 9.10. The zero-order valence-electron chi connectivity index (χ0n) is 17.0. The summed E-state index contributed by atoms with van der Waals surface area (Å²) in [6.07, 6.45) is 0. The normalized spacial score (nSPS) is 11.7. The molecule has 158 valence electrons. The molecule has 30 heavy (non-hydrogen) atoms. The quantitative estimate of drug-likeness (QED) is 0.613. The van der Waals surface area contributed by atoms with Crippen LogP contribution in [0.25, 0.3) is 11.5 Å². The zero-order valence-corrected chi connectivity index (χ0v) is 17.8. The first-order valence-corrected chi connectivity index (χ1v) is 10.5. The Morgan fingerprint density at radius 1 is 1.10 bits per heavy atom. The molecule has 0 aliphatic rings. The van der Waals surface area contributed by atoms with Gasteiger partial charge in [0, 0.05) is 18.7 Å². The number of nitrogens with one attached hydrogen (secondary N) is 1. The zero-order chi connectivity index (χ0) is 21.9. The van der Waals surface area contributed by atoms with Crippen LogP contribution in [0.15, 0.2) is 57.8 Å². The van der Waals surface area contributed by atoms with E-state index in [0.29, 0.717) is 11.3 Å². The number of carbonyl (C=O) groups is 1. The second-order valence-corrected chi connectivity index (χ2v) is 8.70. The average molecular weight is 430 g/mol. The summed E-state index contributed by atoms with van der Waals surface area (Å²) in [5.41, 5.74) is 0.843. The summed E-state index contributed by atoms with van der Waals surface area (Å²) in [6.45, 7) is 3.56. The van der Waals surface area contributed by atoms with Gasteiger partial charge in [-0.05, 0) is 50.2 Å². The van der Waals surface area contributed by atoms with E-state index < -0.39 is 15.9 Å². The molecule has 0 saturated heterocycles. The molecular weight excluding hydrogens is 408 g/mol. The van der Waals surface area contributed by atoms with Gasteiger partial charge in [0.25, 0.3) is 11.8 Å².